The van der Waals surface area contributed by atoms with Crippen LogP contribution in [0.4, 0.5) is 16.2 Å². The zero-order valence-corrected chi connectivity index (χ0v) is 18.2. The molecule has 3 amide bonds. The van der Waals surface area contributed by atoms with Crippen LogP contribution in [0.15, 0.2) is 60.2 Å². The van der Waals surface area contributed by atoms with Gasteiger partial charge in [-0.05, 0) is 68.3 Å². The zero-order chi connectivity index (χ0) is 22.9. The second kappa shape index (κ2) is 8.37. The second-order valence-corrected chi connectivity index (χ2v) is 7.39. The minimum Gasteiger partial charge on any atom is -0.497 e. The van der Waals surface area contributed by atoms with E-state index in [0.29, 0.717) is 29.3 Å². The quantitative estimate of drug-likeness (QED) is 0.507. The Labute approximate surface area is 186 Å². The Bertz CT molecular complexity index is 1080. The molecule has 2 aromatic carbocycles. The Morgan fingerprint density at radius 2 is 1.50 bits per heavy atom. The van der Waals surface area contributed by atoms with Gasteiger partial charge in [-0.2, -0.15) is 0 Å². The summed E-state index contributed by atoms with van der Waals surface area (Å²) in [5, 5.41) is 0. The lowest BCUT2D eigenvalue weighted by atomic mass is 9.88. The molecular weight excluding hydrogens is 412 g/mol. The fourth-order valence-electron chi connectivity index (χ4n) is 4.30. The third-order valence-electron chi connectivity index (χ3n) is 5.78. The highest BCUT2D eigenvalue weighted by Crippen LogP contribution is 2.47. The molecule has 1 spiro atoms. The average Bonchev–Trinajstić information content (AvgIpc) is 3.34. The van der Waals surface area contributed by atoms with E-state index in [0.717, 1.165) is 4.90 Å². The number of amides is 3. The van der Waals surface area contributed by atoms with E-state index >= 15 is 0 Å². The number of anilines is 2. The maximum atomic E-state index is 13.9. The first kappa shape index (κ1) is 21.4. The molecule has 4 rings (SSSR count). The molecule has 0 bridgehead atoms. The number of hydrogen-bond donors (Lipinski definition) is 0. The highest BCUT2D eigenvalue weighted by atomic mass is 16.5. The van der Waals surface area contributed by atoms with Gasteiger partial charge in [-0.25, -0.2) is 14.5 Å². The van der Waals surface area contributed by atoms with Crippen molar-refractivity contribution in [2.45, 2.75) is 25.3 Å². The van der Waals surface area contributed by atoms with Crippen molar-refractivity contribution in [1.29, 1.82) is 0 Å². The van der Waals surface area contributed by atoms with Crippen LogP contribution in [0.25, 0.3) is 0 Å². The molecule has 1 atom stereocenters. The number of benzene rings is 2. The molecule has 0 radical (unpaired) electrons. The Morgan fingerprint density at radius 3 is 2.03 bits per heavy atom. The summed E-state index contributed by atoms with van der Waals surface area (Å²) in [6, 6.07) is 12.9. The largest absolute Gasteiger partial charge is 0.497 e. The number of carbonyl (C=O) groups excluding carboxylic acids is 3. The second-order valence-electron chi connectivity index (χ2n) is 7.39. The van der Waals surface area contributed by atoms with Crippen molar-refractivity contribution in [2.75, 3.05) is 30.6 Å². The third-order valence-corrected chi connectivity index (χ3v) is 5.78. The van der Waals surface area contributed by atoms with E-state index in [2.05, 4.69) is 0 Å². The van der Waals surface area contributed by atoms with Crippen LogP contribution in [0.2, 0.25) is 0 Å². The van der Waals surface area contributed by atoms with Crippen LogP contribution < -0.4 is 19.3 Å². The zero-order valence-electron chi connectivity index (χ0n) is 18.2. The average molecular weight is 436 g/mol. The van der Waals surface area contributed by atoms with Crippen molar-refractivity contribution in [3.8, 4) is 11.5 Å². The monoisotopic (exact) mass is 436 g/mol. The molecular formula is C24H24N2O6. The summed E-state index contributed by atoms with van der Waals surface area (Å²) in [6.45, 7) is 1.87. The maximum Gasteiger partial charge on any atom is 0.337 e. The summed E-state index contributed by atoms with van der Waals surface area (Å²) in [7, 11) is 3.08. The molecule has 0 aromatic heterocycles. The molecule has 1 heterocycles. The van der Waals surface area contributed by atoms with Crippen LogP contribution >= 0.6 is 0 Å². The van der Waals surface area contributed by atoms with Gasteiger partial charge in [-0.1, -0.05) is 6.08 Å². The van der Waals surface area contributed by atoms with Gasteiger partial charge in [0.2, 0.25) is 0 Å². The molecule has 1 aliphatic carbocycles. The standard InChI is InChI=1S/C24H24N2O6/c1-4-32-21(27)20-6-5-15-24(20)22(28)25(16-7-11-18(30-2)12-8-16)23(29)26(24)17-9-13-19(31-3)14-10-17/h6-14H,4-5,15H2,1-3H3. The molecule has 1 fully saturated rings. The number of carbonyl (C=O) groups is 3. The van der Waals surface area contributed by atoms with E-state index in [-0.39, 0.29) is 18.6 Å². The fraction of sp³-hybridized carbons (Fsp3) is 0.292. The number of nitrogens with zero attached hydrogens (tertiary/aromatic N) is 2. The first-order chi connectivity index (χ1) is 15.5. The highest BCUT2D eigenvalue weighted by Gasteiger charge is 2.63. The maximum absolute atomic E-state index is 13.9. The van der Waals surface area contributed by atoms with Crippen molar-refractivity contribution < 1.29 is 28.6 Å². The van der Waals surface area contributed by atoms with E-state index < -0.39 is 23.4 Å². The number of allylic oxidation sites excluding steroid dienone is 1. The number of ether oxygens (including phenoxy) is 3. The van der Waals surface area contributed by atoms with Crippen molar-refractivity contribution in [2.24, 2.45) is 0 Å². The summed E-state index contributed by atoms with van der Waals surface area (Å²) in [5.41, 5.74) is -0.411. The van der Waals surface area contributed by atoms with Crippen LogP contribution in [-0.2, 0) is 14.3 Å². The molecule has 2 aromatic rings. The molecule has 1 unspecified atom stereocenters. The van der Waals surface area contributed by atoms with Gasteiger partial charge in [0, 0.05) is 5.69 Å². The van der Waals surface area contributed by atoms with Gasteiger partial charge in [0.25, 0.3) is 5.91 Å². The molecule has 1 aliphatic heterocycles. The minimum absolute atomic E-state index is 0.166. The van der Waals surface area contributed by atoms with Crippen molar-refractivity contribution >= 4 is 29.3 Å². The Hall–Kier alpha value is -3.81. The lowest BCUT2D eigenvalue weighted by Crippen LogP contribution is -2.52. The summed E-state index contributed by atoms with van der Waals surface area (Å²) < 4.78 is 15.6. The van der Waals surface area contributed by atoms with E-state index in [9.17, 15) is 14.4 Å². The van der Waals surface area contributed by atoms with Gasteiger partial charge in [-0.3, -0.25) is 9.69 Å². The number of hydrogen-bond acceptors (Lipinski definition) is 6. The predicted octanol–water partition coefficient (Wildman–Crippen LogP) is 3.70. The summed E-state index contributed by atoms with van der Waals surface area (Å²) in [6.07, 6.45) is 2.44. The van der Waals surface area contributed by atoms with Gasteiger partial charge in [0.15, 0.2) is 5.54 Å². The lowest BCUT2D eigenvalue weighted by Gasteiger charge is -2.33. The summed E-state index contributed by atoms with van der Waals surface area (Å²) >= 11 is 0. The van der Waals surface area contributed by atoms with E-state index in [4.69, 9.17) is 14.2 Å². The number of urea groups is 1. The van der Waals surface area contributed by atoms with E-state index in [1.807, 2.05) is 0 Å². The lowest BCUT2D eigenvalue weighted by molar-refractivity contribution is -0.140. The fourth-order valence-corrected chi connectivity index (χ4v) is 4.30. The summed E-state index contributed by atoms with van der Waals surface area (Å²) in [5.74, 6) is 0.129. The molecule has 0 N–H and O–H groups in total. The SMILES string of the molecule is CCOC(=O)C1=CCCC12C(=O)N(c1ccc(OC)cc1)C(=O)N2c1ccc(OC)cc1. The number of esters is 1. The van der Waals surface area contributed by atoms with Crippen LogP contribution in [0.5, 0.6) is 11.5 Å². The van der Waals surface area contributed by atoms with Crippen LogP contribution in [0.1, 0.15) is 19.8 Å². The van der Waals surface area contributed by atoms with Gasteiger partial charge in [0.05, 0.1) is 32.1 Å². The van der Waals surface area contributed by atoms with Gasteiger partial charge >= 0.3 is 12.0 Å². The molecule has 1 saturated heterocycles. The first-order valence-corrected chi connectivity index (χ1v) is 10.3. The smallest absolute Gasteiger partial charge is 0.337 e. The van der Waals surface area contributed by atoms with Gasteiger partial charge in [0.1, 0.15) is 11.5 Å². The van der Waals surface area contributed by atoms with E-state index in [1.165, 1.54) is 12.0 Å². The molecule has 166 valence electrons. The van der Waals surface area contributed by atoms with Crippen LogP contribution in [-0.4, -0.2) is 44.3 Å². The molecule has 8 nitrogen and oxygen atoms in total. The third kappa shape index (κ3) is 3.19. The first-order valence-electron chi connectivity index (χ1n) is 10.3. The van der Waals surface area contributed by atoms with Crippen LogP contribution in [0, 0.1) is 0 Å². The van der Waals surface area contributed by atoms with Crippen molar-refractivity contribution in [3.05, 3.63) is 60.2 Å². The minimum atomic E-state index is -1.47. The van der Waals surface area contributed by atoms with Crippen LogP contribution in [0.3, 0.4) is 0 Å². The Kier molecular flexibility index (Phi) is 5.61. The Morgan fingerprint density at radius 1 is 0.938 bits per heavy atom. The van der Waals surface area contributed by atoms with Gasteiger partial charge < -0.3 is 14.2 Å². The Balaban J connectivity index is 1.85. The molecule has 2 aliphatic rings. The van der Waals surface area contributed by atoms with Crippen molar-refractivity contribution in [3.63, 3.8) is 0 Å². The predicted molar refractivity (Wildman–Crippen MR) is 118 cm³/mol. The molecule has 0 saturated carbocycles. The number of imide groups is 1. The van der Waals surface area contributed by atoms with Crippen molar-refractivity contribution in [1.82, 2.24) is 0 Å². The molecule has 8 heteroatoms. The molecule has 32 heavy (non-hydrogen) atoms. The van der Waals surface area contributed by atoms with Gasteiger partial charge in [-0.15, -0.1) is 0 Å². The highest BCUT2D eigenvalue weighted by molar-refractivity contribution is 6.33. The number of rotatable bonds is 6. The normalized spacial score (nSPS) is 20.0. The van der Waals surface area contributed by atoms with E-state index in [1.54, 1.807) is 68.6 Å². The number of methoxy groups -OCH3 is 2. The summed E-state index contributed by atoms with van der Waals surface area (Å²) in [4.78, 5) is 42.9. The topological polar surface area (TPSA) is 85.4 Å².